The monoisotopic (exact) mass is 290 g/mol. The van der Waals surface area contributed by atoms with E-state index in [1.807, 2.05) is 44.1 Å². The molecule has 4 nitrogen and oxygen atoms in total. The molecular formula is C15H19ClN4. The Kier molecular flexibility index (Phi) is 4.45. The Morgan fingerprint density at radius 1 is 1.20 bits per heavy atom. The maximum absolute atomic E-state index is 6.28. The highest BCUT2D eigenvalue weighted by Crippen LogP contribution is 2.34. The van der Waals surface area contributed by atoms with Crippen LogP contribution in [0, 0.1) is 6.92 Å². The molecule has 1 atom stereocenters. The minimum atomic E-state index is 0.0564. The number of anilines is 2. The molecule has 0 bridgehead atoms. The highest BCUT2D eigenvalue weighted by Gasteiger charge is 2.14. The van der Waals surface area contributed by atoms with Gasteiger partial charge in [0.15, 0.2) is 0 Å². The van der Waals surface area contributed by atoms with Crippen molar-refractivity contribution < 1.29 is 0 Å². The highest BCUT2D eigenvalue weighted by molar-refractivity contribution is 6.34. The number of nitrogens with one attached hydrogen (secondary N) is 1. The van der Waals surface area contributed by atoms with E-state index in [9.17, 15) is 0 Å². The molecule has 0 aliphatic heterocycles. The maximum atomic E-state index is 6.28. The third-order valence-electron chi connectivity index (χ3n) is 3.14. The average molecular weight is 291 g/mol. The van der Waals surface area contributed by atoms with Crippen molar-refractivity contribution in [3.05, 3.63) is 47.0 Å². The van der Waals surface area contributed by atoms with Gasteiger partial charge in [-0.25, -0.2) is 0 Å². The summed E-state index contributed by atoms with van der Waals surface area (Å²) in [7, 11) is 3.95. The topological polar surface area (TPSA) is 41.1 Å². The number of aromatic nitrogens is 2. The first-order chi connectivity index (χ1) is 9.50. The van der Waals surface area contributed by atoms with Crippen LogP contribution in [0.1, 0.15) is 24.4 Å². The molecule has 0 aliphatic carbocycles. The fourth-order valence-corrected chi connectivity index (χ4v) is 2.57. The summed E-state index contributed by atoms with van der Waals surface area (Å²) in [6.07, 6.45) is 3.42. The van der Waals surface area contributed by atoms with Gasteiger partial charge in [0.1, 0.15) is 0 Å². The molecule has 1 unspecified atom stereocenters. The summed E-state index contributed by atoms with van der Waals surface area (Å²) >= 11 is 6.28. The molecular weight excluding hydrogens is 272 g/mol. The van der Waals surface area contributed by atoms with Gasteiger partial charge in [0, 0.05) is 26.5 Å². The lowest BCUT2D eigenvalue weighted by Gasteiger charge is -2.23. The van der Waals surface area contributed by atoms with E-state index in [4.69, 9.17) is 11.6 Å². The van der Waals surface area contributed by atoms with Gasteiger partial charge in [-0.3, -0.25) is 9.97 Å². The standard InChI is InChI=1S/C15H19ClN4/c1-10-14(18-9-8-17-10)11(2)19-13-7-5-6-12(16)15(13)20(3)4/h5-9,11,19H,1-4H3. The van der Waals surface area contributed by atoms with Gasteiger partial charge in [-0.1, -0.05) is 17.7 Å². The van der Waals surface area contributed by atoms with Crippen molar-refractivity contribution in [1.29, 1.82) is 0 Å². The first kappa shape index (κ1) is 14.6. The molecule has 5 heteroatoms. The second kappa shape index (κ2) is 6.09. The fourth-order valence-electron chi connectivity index (χ4n) is 2.23. The van der Waals surface area contributed by atoms with Gasteiger partial charge in [-0.05, 0) is 26.0 Å². The van der Waals surface area contributed by atoms with Gasteiger partial charge in [0.05, 0.1) is 33.8 Å². The van der Waals surface area contributed by atoms with E-state index < -0.39 is 0 Å². The molecule has 0 fully saturated rings. The third kappa shape index (κ3) is 3.02. The van der Waals surface area contributed by atoms with Gasteiger partial charge in [-0.15, -0.1) is 0 Å². The molecule has 0 aliphatic rings. The molecule has 1 N–H and O–H groups in total. The molecule has 1 heterocycles. The molecule has 1 aromatic heterocycles. The zero-order valence-electron chi connectivity index (χ0n) is 12.2. The third-order valence-corrected chi connectivity index (χ3v) is 3.44. The number of aryl methyl sites for hydroxylation is 1. The van der Waals surface area contributed by atoms with E-state index in [2.05, 4.69) is 22.2 Å². The number of halogens is 1. The van der Waals surface area contributed by atoms with Crippen molar-refractivity contribution in [2.75, 3.05) is 24.3 Å². The van der Waals surface area contributed by atoms with Crippen molar-refractivity contribution in [3.8, 4) is 0 Å². The quantitative estimate of drug-likeness (QED) is 0.933. The van der Waals surface area contributed by atoms with Crippen molar-refractivity contribution in [1.82, 2.24) is 9.97 Å². The molecule has 1 aromatic carbocycles. The van der Waals surface area contributed by atoms with Gasteiger partial charge in [0.25, 0.3) is 0 Å². The Hall–Kier alpha value is -1.81. The van der Waals surface area contributed by atoms with E-state index >= 15 is 0 Å². The largest absolute Gasteiger partial charge is 0.375 e. The Morgan fingerprint density at radius 2 is 1.90 bits per heavy atom. The molecule has 0 spiro atoms. The summed E-state index contributed by atoms with van der Waals surface area (Å²) in [6.45, 7) is 4.03. The van der Waals surface area contributed by atoms with Crippen LogP contribution >= 0.6 is 11.6 Å². The number of hydrogen-bond acceptors (Lipinski definition) is 4. The Balaban J connectivity index is 2.31. The van der Waals surface area contributed by atoms with Crippen molar-refractivity contribution in [2.24, 2.45) is 0 Å². The SMILES string of the molecule is Cc1nccnc1C(C)Nc1cccc(Cl)c1N(C)C. The van der Waals surface area contributed by atoms with Crippen molar-refractivity contribution in [2.45, 2.75) is 19.9 Å². The first-order valence-corrected chi connectivity index (χ1v) is 6.88. The lowest BCUT2D eigenvalue weighted by molar-refractivity contribution is 0.809. The van der Waals surface area contributed by atoms with Crippen LogP contribution in [0.25, 0.3) is 0 Å². The number of rotatable bonds is 4. The highest BCUT2D eigenvalue weighted by atomic mass is 35.5. The Morgan fingerprint density at radius 3 is 2.55 bits per heavy atom. The zero-order valence-corrected chi connectivity index (χ0v) is 12.9. The maximum Gasteiger partial charge on any atom is 0.0835 e. The van der Waals surface area contributed by atoms with Gasteiger partial charge in [-0.2, -0.15) is 0 Å². The Labute approximate surface area is 124 Å². The fraction of sp³-hybridized carbons (Fsp3) is 0.333. The summed E-state index contributed by atoms with van der Waals surface area (Å²) in [5.41, 5.74) is 3.83. The number of hydrogen-bond donors (Lipinski definition) is 1. The molecule has 0 saturated carbocycles. The molecule has 0 amide bonds. The number of para-hydroxylation sites is 1. The molecule has 0 saturated heterocycles. The summed E-state index contributed by atoms with van der Waals surface area (Å²) in [5, 5.41) is 4.19. The summed E-state index contributed by atoms with van der Waals surface area (Å²) in [6, 6.07) is 5.90. The van der Waals surface area contributed by atoms with E-state index in [0.29, 0.717) is 0 Å². The van der Waals surface area contributed by atoms with E-state index in [1.165, 1.54) is 0 Å². The first-order valence-electron chi connectivity index (χ1n) is 6.50. The molecule has 0 radical (unpaired) electrons. The summed E-state index contributed by atoms with van der Waals surface area (Å²) in [5.74, 6) is 0. The zero-order chi connectivity index (χ0) is 14.7. The average Bonchev–Trinajstić information content (AvgIpc) is 2.38. The Bertz CT molecular complexity index is 598. The van der Waals surface area contributed by atoms with Crippen molar-refractivity contribution in [3.63, 3.8) is 0 Å². The molecule has 2 rings (SSSR count). The lowest BCUT2D eigenvalue weighted by Crippen LogP contribution is -2.16. The molecule has 106 valence electrons. The van der Waals surface area contributed by atoms with E-state index in [-0.39, 0.29) is 6.04 Å². The predicted molar refractivity (Wildman–Crippen MR) is 84.6 cm³/mol. The number of nitrogens with zero attached hydrogens (tertiary/aromatic N) is 3. The lowest BCUT2D eigenvalue weighted by atomic mass is 10.1. The van der Waals surface area contributed by atoms with Crippen LogP contribution < -0.4 is 10.2 Å². The van der Waals surface area contributed by atoms with Gasteiger partial charge in [0.2, 0.25) is 0 Å². The predicted octanol–water partition coefficient (Wildman–Crippen LogP) is 3.68. The summed E-state index contributed by atoms with van der Waals surface area (Å²) in [4.78, 5) is 10.7. The van der Waals surface area contributed by atoms with Crippen LogP contribution in [0.4, 0.5) is 11.4 Å². The van der Waals surface area contributed by atoms with Gasteiger partial charge < -0.3 is 10.2 Å². The smallest absolute Gasteiger partial charge is 0.0835 e. The second-order valence-corrected chi connectivity index (χ2v) is 5.33. The van der Waals surface area contributed by atoms with Crippen LogP contribution in [0.15, 0.2) is 30.6 Å². The van der Waals surface area contributed by atoms with Crippen LogP contribution in [0.5, 0.6) is 0 Å². The van der Waals surface area contributed by atoms with Crippen LogP contribution in [-0.2, 0) is 0 Å². The molecule has 20 heavy (non-hydrogen) atoms. The van der Waals surface area contributed by atoms with Crippen LogP contribution in [-0.4, -0.2) is 24.1 Å². The minimum Gasteiger partial charge on any atom is -0.375 e. The van der Waals surface area contributed by atoms with Crippen LogP contribution in [0.3, 0.4) is 0 Å². The van der Waals surface area contributed by atoms with E-state index in [1.54, 1.807) is 12.4 Å². The second-order valence-electron chi connectivity index (χ2n) is 4.92. The minimum absolute atomic E-state index is 0.0564. The summed E-state index contributed by atoms with van der Waals surface area (Å²) < 4.78 is 0. The molecule has 2 aromatic rings. The van der Waals surface area contributed by atoms with Gasteiger partial charge >= 0.3 is 0 Å². The normalized spacial score (nSPS) is 12.1. The van der Waals surface area contributed by atoms with E-state index in [0.717, 1.165) is 27.8 Å². The van der Waals surface area contributed by atoms with Crippen molar-refractivity contribution >= 4 is 23.0 Å². The number of benzene rings is 1. The van der Waals surface area contributed by atoms with Crippen LogP contribution in [0.2, 0.25) is 5.02 Å².